The van der Waals surface area contributed by atoms with Crippen LogP contribution in [0.5, 0.6) is 5.75 Å². The SMILES string of the molecule is C/C=C\C(=C/CC)N(C(=O)c1cccc(OC)c1)c1c(Cl)cccc1Cl. The van der Waals surface area contributed by atoms with Gasteiger partial charge in [-0.25, -0.2) is 0 Å². The fourth-order valence-electron chi connectivity index (χ4n) is 2.55. The second-order valence-corrected chi connectivity index (χ2v) is 6.29. The molecule has 136 valence electrons. The highest BCUT2D eigenvalue weighted by molar-refractivity contribution is 6.40. The molecule has 2 aromatic carbocycles. The number of carbonyl (C=O) groups excluding carboxylic acids is 1. The number of para-hydroxylation sites is 1. The van der Waals surface area contributed by atoms with Gasteiger partial charge in [-0.05, 0) is 49.8 Å². The Morgan fingerprint density at radius 1 is 1.15 bits per heavy atom. The summed E-state index contributed by atoms with van der Waals surface area (Å²) in [7, 11) is 1.56. The maximum absolute atomic E-state index is 13.4. The molecule has 0 heterocycles. The van der Waals surface area contributed by atoms with Crippen molar-refractivity contribution < 1.29 is 9.53 Å². The summed E-state index contributed by atoms with van der Waals surface area (Å²) in [6.07, 6.45) is 6.45. The van der Waals surface area contributed by atoms with Gasteiger partial charge < -0.3 is 4.74 Å². The van der Waals surface area contributed by atoms with Crippen LogP contribution < -0.4 is 9.64 Å². The highest BCUT2D eigenvalue weighted by Gasteiger charge is 2.25. The van der Waals surface area contributed by atoms with Gasteiger partial charge in [0.1, 0.15) is 5.75 Å². The Labute approximate surface area is 164 Å². The van der Waals surface area contributed by atoms with E-state index in [0.29, 0.717) is 32.7 Å². The van der Waals surface area contributed by atoms with Crippen molar-refractivity contribution >= 4 is 34.8 Å². The first-order valence-corrected chi connectivity index (χ1v) is 9.04. The molecule has 0 saturated heterocycles. The number of hydrogen-bond donors (Lipinski definition) is 0. The highest BCUT2D eigenvalue weighted by atomic mass is 35.5. The maximum Gasteiger partial charge on any atom is 0.263 e. The summed E-state index contributed by atoms with van der Waals surface area (Å²) in [4.78, 5) is 14.9. The summed E-state index contributed by atoms with van der Waals surface area (Å²) in [5.74, 6) is 0.366. The van der Waals surface area contributed by atoms with Crippen molar-refractivity contribution in [3.05, 3.63) is 82.0 Å². The fraction of sp³-hybridized carbons (Fsp3) is 0.190. The monoisotopic (exact) mass is 389 g/mol. The van der Waals surface area contributed by atoms with Crippen LogP contribution >= 0.6 is 23.2 Å². The van der Waals surface area contributed by atoms with Gasteiger partial charge in [0.05, 0.1) is 22.8 Å². The predicted molar refractivity (Wildman–Crippen MR) is 109 cm³/mol. The highest BCUT2D eigenvalue weighted by Crippen LogP contribution is 2.37. The molecule has 26 heavy (non-hydrogen) atoms. The Morgan fingerprint density at radius 2 is 1.81 bits per heavy atom. The van der Waals surface area contributed by atoms with Gasteiger partial charge in [0.2, 0.25) is 0 Å². The number of nitrogens with zero attached hydrogens (tertiary/aromatic N) is 1. The Hall–Kier alpha value is -2.23. The molecule has 3 nitrogen and oxygen atoms in total. The molecule has 0 radical (unpaired) electrons. The van der Waals surface area contributed by atoms with Crippen molar-refractivity contribution in [2.45, 2.75) is 20.3 Å². The molecule has 0 bridgehead atoms. The van der Waals surface area contributed by atoms with Crippen LogP contribution in [0.2, 0.25) is 10.0 Å². The van der Waals surface area contributed by atoms with E-state index in [1.54, 1.807) is 54.5 Å². The third-order valence-corrected chi connectivity index (χ3v) is 4.30. The van der Waals surface area contributed by atoms with Gasteiger partial charge in [-0.1, -0.05) is 54.4 Å². The van der Waals surface area contributed by atoms with Crippen molar-refractivity contribution in [2.75, 3.05) is 12.0 Å². The van der Waals surface area contributed by atoms with E-state index in [1.807, 2.05) is 32.1 Å². The number of methoxy groups -OCH3 is 1. The lowest BCUT2D eigenvalue weighted by atomic mass is 10.1. The Morgan fingerprint density at radius 3 is 2.38 bits per heavy atom. The molecule has 2 aromatic rings. The number of amides is 1. The average Bonchev–Trinajstić information content (AvgIpc) is 2.64. The summed E-state index contributed by atoms with van der Waals surface area (Å²) in [6, 6.07) is 12.2. The molecule has 0 unspecified atom stereocenters. The molecular weight excluding hydrogens is 369 g/mol. The van der Waals surface area contributed by atoms with E-state index < -0.39 is 0 Å². The van der Waals surface area contributed by atoms with E-state index >= 15 is 0 Å². The van der Waals surface area contributed by atoms with Crippen LogP contribution in [0.25, 0.3) is 0 Å². The molecule has 0 fully saturated rings. The predicted octanol–water partition coefficient (Wildman–Crippen LogP) is 6.52. The third-order valence-electron chi connectivity index (χ3n) is 3.69. The lowest BCUT2D eigenvalue weighted by Crippen LogP contribution is -2.30. The second kappa shape index (κ2) is 9.46. The van der Waals surface area contributed by atoms with Crippen LogP contribution in [0.3, 0.4) is 0 Å². The van der Waals surface area contributed by atoms with Gasteiger partial charge in [0.25, 0.3) is 5.91 Å². The van der Waals surface area contributed by atoms with Crippen molar-refractivity contribution in [3.63, 3.8) is 0 Å². The first-order valence-electron chi connectivity index (χ1n) is 8.28. The molecule has 2 rings (SSSR count). The molecule has 1 amide bonds. The number of allylic oxidation sites excluding steroid dienone is 3. The molecule has 0 atom stereocenters. The summed E-state index contributed by atoms with van der Waals surface area (Å²) >= 11 is 12.8. The molecule has 0 spiro atoms. The first-order chi connectivity index (χ1) is 12.5. The van der Waals surface area contributed by atoms with Gasteiger partial charge >= 0.3 is 0 Å². The first kappa shape index (κ1) is 20.1. The molecular formula is C21H21Cl2NO2. The zero-order valence-corrected chi connectivity index (χ0v) is 16.5. The van der Waals surface area contributed by atoms with E-state index in [0.717, 1.165) is 6.42 Å². The number of ether oxygens (including phenoxy) is 1. The molecule has 5 heteroatoms. The van der Waals surface area contributed by atoms with Crippen molar-refractivity contribution in [1.29, 1.82) is 0 Å². The van der Waals surface area contributed by atoms with Gasteiger partial charge in [-0.2, -0.15) is 0 Å². The van der Waals surface area contributed by atoms with Gasteiger partial charge in [-0.15, -0.1) is 0 Å². The van der Waals surface area contributed by atoms with E-state index in [4.69, 9.17) is 27.9 Å². The van der Waals surface area contributed by atoms with Crippen molar-refractivity contribution in [3.8, 4) is 5.75 Å². The van der Waals surface area contributed by atoms with E-state index in [9.17, 15) is 4.79 Å². The van der Waals surface area contributed by atoms with Crippen LogP contribution in [-0.2, 0) is 0 Å². The number of carbonyl (C=O) groups is 1. The summed E-state index contributed by atoms with van der Waals surface area (Å²) < 4.78 is 5.24. The van der Waals surface area contributed by atoms with Gasteiger partial charge in [0.15, 0.2) is 0 Å². The summed E-state index contributed by atoms with van der Waals surface area (Å²) in [5, 5.41) is 0.806. The average molecular weight is 390 g/mol. The Balaban J connectivity index is 2.67. The van der Waals surface area contributed by atoms with Crippen molar-refractivity contribution in [1.82, 2.24) is 0 Å². The van der Waals surface area contributed by atoms with Crippen LogP contribution in [0, 0.1) is 0 Å². The number of benzene rings is 2. The number of rotatable bonds is 6. The molecule has 0 N–H and O–H groups in total. The Bertz CT molecular complexity index is 823. The van der Waals surface area contributed by atoms with Crippen LogP contribution in [0.15, 0.2) is 66.4 Å². The largest absolute Gasteiger partial charge is 0.497 e. The number of hydrogen-bond acceptors (Lipinski definition) is 2. The second-order valence-electron chi connectivity index (χ2n) is 5.48. The van der Waals surface area contributed by atoms with Crippen LogP contribution in [-0.4, -0.2) is 13.0 Å². The van der Waals surface area contributed by atoms with Crippen molar-refractivity contribution in [2.24, 2.45) is 0 Å². The standard InChI is InChI=1S/C21H21Cl2NO2/c1-4-8-16(9-5-2)24(20-18(22)12-7-13-19(20)23)21(25)15-10-6-11-17(14-15)26-3/h4,6-14H,5H2,1-3H3/b8-4-,16-9+. The van der Waals surface area contributed by atoms with Gasteiger partial charge in [-0.3, -0.25) is 9.69 Å². The van der Waals surface area contributed by atoms with E-state index in [1.165, 1.54) is 0 Å². The molecule has 0 saturated carbocycles. The molecule has 0 aliphatic heterocycles. The van der Waals surface area contributed by atoms with E-state index in [2.05, 4.69) is 0 Å². The minimum Gasteiger partial charge on any atom is -0.497 e. The zero-order valence-electron chi connectivity index (χ0n) is 15.0. The molecule has 0 aromatic heterocycles. The zero-order chi connectivity index (χ0) is 19.1. The Kier molecular flexibility index (Phi) is 7.31. The minimum absolute atomic E-state index is 0.239. The normalized spacial score (nSPS) is 11.7. The molecule has 0 aliphatic rings. The third kappa shape index (κ3) is 4.48. The quantitative estimate of drug-likeness (QED) is 0.526. The topological polar surface area (TPSA) is 29.5 Å². The van der Waals surface area contributed by atoms with Crippen LogP contribution in [0.1, 0.15) is 30.6 Å². The molecule has 0 aliphatic carbocycles. The lowest BCUT2D eigenvalue weighted by molar-refractivity contribution is 0.0995. The maximum atomic E-state index is 13.4. The van der Waals surface area contributed by atoms with Gasteiger partial charge in [0, 0.05) is 11.3 Å². The fourth-order valence-corrected chi connectivity index (χ4v) is 3.12. The summed E-state index contributed by atoms with van der Waals surface area (Å²) in [5.41, 5.74) is 1.64. The minimum atomic E-state index is -0.239. The lowest BCUT2D eigenvalue weighted by Gasteiger charge is -2.26. The smallest absolute Gasteiger partial charge is 0.263 e. The van der Waals surface area contributed by atoms with E-state index in [-0.39, 0.29) is 5.91 Å². The number of halogens is 2. The summed E-state index contributed by atoms with van der Waals surface area (Å²) in [6.45, 7) is 3.90. The van der Waals surface area contributed by atoms with Crippen LogP contribution in [0.4, 0.5) is 5.69 Å². The number of anilines is 1.